The summed E-state index contributed by atoms with van der Waals surface area (Å²) < 4.78 is 4.67. The van der Waals surface area contributed by atoms with Crippen LogP contribution in [-0.4, -0.2) is 69.2 Å². The van der Waals surface area contributed by atoms with Crippen LogP contribution in [0, 0.1) is 0 Å². The third-order valence-electron chi connectivity index (χ3n) is 2.81. The van der Waals surface area contributed by atoms with Crippen LogP contribution in [0.5, 0.6) is 0 Å². The van der Waals surface area contributed by atoms with Crippen LogP contribution in [0.1, 0.15) is 19.8 Å². The van der Waals surface area contributed by atoms with E-state index in [9.17, 15) is 4.79 Å². The number of carbonyl (C=O) groups excluding carboxylic acids is 1. The molecule has 2 N–H and O–H groups in total. The molecular weight excluding hydrogens is 218 g/mol. The molecule has 0 saturated carbocycles. The maximum atomic E-state index is 11.4. The Morgan fingerprint density at radius 1 is 1.24 bits per heavy atom. The lowest BCUT2D eigenvalue weighted by atomic mass is 9.99. The summed E-state index contributed by atoms with van der Waals surface area (Å²) in [6, 6.07) is 0. The van der Waals surface area contributed by atoms with Gasteiger partial charge in [-0.15, -0.1) is 0 Å². The van der Waals surface area contributed by atoms with Gasteiger partial charge in [-0.25, -0.2) is 0 Å². The van der Waals surface area contributed by atoms with Gasteiger partial charge in [-0.2, -0.15) is 0 Å². The average Bonchev–Trinajstić information content (AvgIpc) is 2.24. The first-order valence-electron chi connectivity index (χ1n) is 6.00. The van der Waals surface area contributed by atoms with Crippen LogP contribution in [-0.2, 0) is 9.53 Å². The fourth-order valence-corrected chi connectivity index (χ4v) is 1.53. The minimum atomic E-state index is -0.884. The van der Waals surface area contributed by atoms with Crippen molar-refractivity contribution in [3.05, 3.63) is 0 Å². The van der Waals surface area contributed by atoms with Gasteiger partial charge in [-0.3, -0.25) is 4.79 Å². The lowest BCUT2D eigenvalue weighted by molar-refractivity contribution is -0.146. The molecule has 0 heterocycles. The third-order valence-corrected chi connectivity index (χ3v) is 2.81. The predicted molar refractivity (Wildman–Crippen MR) is 69.9 cm³/mol. The van der Waals surface area contributed by atoms with E-state index in [0.717, 1.165) is 26.1 Å². The smallest absolute Gasteiger partial charge is 0.325 e. The normalized spacial score (nSPS) is 15.1. The summed E-state index contributed by atoms with van der Waals surface area (Å²) in [5.74, 6) is -0.348. The molecule has 0 aliphatic heterocycles. The average molecular weight is 245 g/mol. The highest BCUT2D eigenvalue weighted by molar-refractivity contribution is 5.79. The molecular formula is C12H27N3O2. The molecule has 5 nitrogen and oxygen atoms in total. The molecule has 0 rings (SSSR count). The second kappa shape index (κ2) is 7.63. The van der Waals surface area contributed by atoms with Crippen molar-refractivity contribution < 1.29 is 9.53 Å². The molecule has 17 heavy (non-hydrogen) atoms. The van der Waals surface area contributed by atoms with E-state index >= 15 is 0 Å². The van der Waals surface area contributed by atoms with Gasteiger partial charge in [0.15, 0.2) is 0 Å². The fourth-order valence-electron chi connectivity index (χ4n) is 1.53. The summed E-state index contributed by atoms with van der Waals surface area (Å²) in [5.41, 5.74) is 5.00. The number of methoxy groups -OCH3 is 1. The summed E-state index contributed by atoms with van der Waals surface area (Å²) in [5, 5.41) is 0. The molecule has 0 aromatic carbocycles. The second-order valence-electron chi connectivity index (χ2n) is 5.12. The number of ether oxygens (including phenoxy) is 1. The van der Waals surface area contributed by atoms with Crippen molar-refractivity contribution in [2.75, 3.05) is 47.9 Å². The molecule has 5 heteroatoms. The summed E-state index contributed by atoms with van der Waals surface area (Å²) in [6.45, 7) is 4.60. The molecule has 0 aromatic heterocycles. The van der Waals surface area contributed by atoms with Gasteiger partial charge >= 0.3 is 5.97 Å². The lowest BCUT2D eigenvalue weighted by Gasteiger charge is -2.25. The van der Waals surface area contributed by atoms with Crippen molar-refractivity contribution >= 4 is 5.97 Å². The SMILES string of the molecule is COC(=O)C(C)(N)CCN(C)CCCN(C)C. The topological polar surface area (TPSA) is 58.8 Å². The number of nitrogens with two attached hydrogens (primary N) is 1. The molecule has 1 unspecified atom stereocenters. The predicted octanol–water partition coefficient (Wildman–Crippen LogP) is 0.150. The zero-order valence-electron chi connectivity index (χ0n) is 11.8. The standard InChI is InChI=1S/C12H27N3O2/c1-12(13,11(16)17-5)7-10-15(4)9-6-8-14(2)3/h6-10,13H2,1-5H3. The van der Waals surface area contributed by atoms with Crippen molar-refractivity contribution in [3.63, 3.8) is 0 Å². The molecule has 1 atom stereocenters. The van der Waals surface area contributed by atoms with Gasteiger partial charge in [-0.05, 0) is 54.0 Å². The van der Waals surface area contributed by atoms with Crippen LogP contribution in [0.3, 0.4) is 0 Å². The molecule has 0 bridgehead atoms. The summed E-state index contributed by atoms with van der Waals surface area (Å²) >= 11 is 0. The molecule has 0 aliphatic carbocycles. The first-order chi connectivity index (χ1) is 7.79. The number of esters is 1. The quantitative estimate of drug-likeness (QED) is 0.617. The lowest BCUT2D eigenvalue weighted by Crippen LogP contribution is -2.47. The van der Waals surface area contributed by atoms with Crippen molar-refractivity contribution in [3.8, 4) is 0 Å². The zero-order valence-corrected chi connectivity index (χ0v) is 11.8. The molecule has 0 aromatic rings. The van der Waals surface area contributed by atoms with Crippen molar-refractivity contribution in [2.45, 2.75) is 25.3 Å². The van der Waals surface area contributed by atoms with E-state index in [2.05, 4.69) is 28.6 Å². The van der Waals surface area contributed by atoms with Crippen molar-refractivity contribution in [2.24, 2.45) is 5.73 Å². The summed E-state index contributed by atoms with van der Waals surface area (Å²) in [6.07, 6.45) is 1.72. The van der Waals surface area contributed by atoms with Gasteiger partial charge in [0.05, 0.1) is 7.11 Å². The van der Waals surface area contributed by atoms with E-state index in [1.165, 1.54) is 7.11 Å². The Bertz CT molecular complexity index is 230. The monoisotopic (exact) mass is 245 g/mol. The van der Waals surface area contributed by atoms with Crippen molar-refractivity contribution in [1.29, 1.82) is 0 Å². The molecule has 0 saturated heterocycles. The highest BCUT2D eigenvalue weighted by atomic mass is 16.5. The van der Waals surface area contributed by atoms with E-state index in [1.807, 2.05) is 7.05 Å². The Morgan fingerprint density at radius 3 is 2.29 bits per heavy atom. The third kappa shape index (κ3) is 7.31. The minimum absolute atomic E-state index is 0.348. The van der Waals surface area contributed by atoms with Gasteiger partial charge < -0.3 is 20.3 Å². The van der Waals surface area contributed by atoms with Gasteiger partial charge in [0, 0.05) is 6.54 Å². The van der Waals surface area contributed by atoms with Gasteiger partial charge in [-0.1, -0.05) is 0 Å². The van der Waals surface area contributed by atoms with Crippen LogP contribution in [0.4, 0.5) is 0 Å². The van der Waals surface area contributed by atoms with E-state index in [4.69, 9.17) is 5.73 Å². The highest BCUT2D eigenvalue weighted by Crippen LogP contribution is 2.08. The molecule has 0 fully saturated rings. The Labute approximate surface area is 105 Å². The van der Waals surface area contributed by atoms with E-state index in [0.29, 0.717) is 6.42 Å². The minimum Gasteiger partial charge on any atom is -0.468 e. The number of carbonyl (C=O) groups is 1. The van der Waals surface area contributed by atoms with Crippen LogP contribution >= 0.6 is 0 Å². The maximum absolute atomic E-state index is 11.4. The van der Waals surface area contributed by atoms with Gasteiger partial charge in [0.2, 0.25) is 0 Å². The maximum Gasteiger partial charge on any atom is 0.325 e. The molecule has 102 valence electrons. The molecule has 0 amide bonds. The van der Waals surface area contributed by atoms with Crippen LogP contribution in [0.2, 0.25) is 0 Å². The van der Waals surface area contributed by atoms with E-state index in [-0.39, 0.29) is 5.97 Å². The van der Waals surface area contributed by atoms with Gasteiger partial charge in [0.25, 0.3) is 0 Å². The fraction of sp³-hybridized carbons (Fsp3) is 0.917. The summed E-state index contributed by atoms with van der Waals surface area (Å²) in [4.78, 5) is 15.7. The Morgan fingerprint density at radius 2 is 1.82 bits per heavy atom. The molecule has 0 radical (unpaired) electrons. The van der Waals surface area contributed by atoms with E-state index in [1.54, 1.807) is 6.92 Å². The van der Waals surface area contributed by atoms with E-state index < -0.39 is 5.54 Å². The second-order valence-corrected chi connectivity index (χ2v) is 5.12. The molecule has 0 spiro atoms. The Balaban J connectivity index is 3.83. The molecule has 0 aliphatic rings. The first kappa shape index (κ1) is 16.4. The Hall–Kier alpha value is -0.650. The first-order valence-corrected chi connectivity index (χ1v) is 6.00. The van der Waals surface area contributed by atoms with Crippen LogP contribution < -0.4 is 5.73 Å². The number of hydrogen-bond acceptors (Lipinski definition) is 5. The van der Waals surface area contributed by atoms with Crippen molar-refractivity contribution in [1.82, 2.24) is 9.80 Å². The Kier molecular flexibility index (Phi) is 7.34. The largest absolute Gasteiger partial charge is 0.468 e. The van der Waals surface area contributed by atoms with Gasteiger partial charge in [0.1, 0.15) is 5.54 Å². The zero-order chi connectivity index (χ0) is 13.5. The summed E-state index contributed by atoms with van der Waals surface area (Å²) in [7, 11) is 7.54. The number of hydrogen-bond donors (Lipinski definition) is 1. The van der Waals surface area contributed by atoms with Crippen LogP contribution in [0.15, 0.2) is 0 Å². The number of nitrogens with zero attached hydrogens (tertiary/aromatic N) is 2. The highest BCUT2D eigenvalue weighted by Gasteiger charge is 2.29. The number of rotatable bonds is 8. The van der Waals surface area contributed by atoms with Crippen LogP contribution in [0.25, 0.3) is 0 Å².